The van der Waals surface area contributed by atoms with Gasteiger partial charge in [-0.25, -0.2) is 9.67 Å². The average molecular weight is 343 g/mol. The molecule has 0 aromatic rings. The Labute approximate surface area is 131 Å². The lowest BCUT2D eigenvalue weighted by Crippen LogP contribution is -2.38. The fourth-order valence-electron chi connectivity index (χ4n) is 1.63. The topological polar surface area (TPSA) is 140 Å². The Morgan fingerprint density at radius 3 is 2.45 bits per heavy atom. The van der Waals surface area contributed by atoms with Crippen LogP contribution in [0, 0.1) is 0 Å². The van der Waals surface area contributed by atoms with Crippen LogP contribution < -0.4 is 10.6 Å². The molecular formula is C12H28N2O7P. The lowest BCUT2D eigenvalue weighted by molar-refractivity contribution is -0.00168. The summed E-state index contributed by atoms with van der Waals surface area (Å²) in [6.07, 6.45) is -0.208. The highest BCUT2D eigenvalue weighted by atomic mass is 31.2. The van der Waals surface area contributed by atoms with Gasteiger partial charge in [-0.3, -0.25) is 9.84 Å². The van der Waals surface area contributed by atoms with Crippen molar-refractivity contribution in [2.75, 3.05) is 32.9 Å². The maximum atomic E-state index is 10.7. The molecule has 0 aromatic carbocycles. The van der Waals surface area contributed by atoms with E-state index < -0.39 is 20.2 Å². The van der Waals surface area contributed by atoms with Crippen molar-refractivity contribution in [2.24, 2.45) is 0 Å². The van der Waals surface area contributed by atoms with Crippen LogP contribution in [0.4, 0.5) is 0 Å². The Morgan fingerprint density at radius 1 is 1.23 bits per heavy atom. The standard InChI is InChI=1S/C12H28N2O7P/c1-10(9-16)13-5-3-7-20-12(4-6-15)14-8-11(2)21-22(17,18)19/h10-14,16H,3-9H2,1-2H3,(H2,17,18,19). The van der Waals surface area contributed by atoms with E-state index in [-0.39, 0.29) is 32.2 Å². The van der Waals surface area contributed by atoms with E-state index >= 15 is 0 Å². The predicted molar refractivity (Wildman–Crippen MR) is 79.7 cm³/mol. The van der Waals surface area contributed by atoms with Gasteiger partial charge in [0.15, 0.2) is 0 Å². The van der Waals surface area contributed by atoms with Crippen LogP contribution in [0.25, 0.3) is 0 Å². The fraction of sp³-hybridized carbons (Fsp3) is 1.00. The minimum Gasteiger partial charge on any atom is -0.395 e. The van der Waals surface area contributed by atoms with Crippen molar-refractivity contribution < 1.29 is 33.8 Å². The van der Waals surface area contributed by atoms with Gasteiger partial charge in [0.05, 0.1) is 19.3 Å². The summed E-state index contributed by atoms with van der Waals surface area (Å²) in [7, 11) is -4.51. The Morgan fingerprint density at radius 2 is 1.91 bits per heavy atom. The minimum absolute atomic E-state index is 0.0289. The summed E-state index contributed by atoms with van der Waals surface area (Å²) in [5.41, 5.74) is 0. The van der Waals surface area contributed by atoms with Crippen LogP contribution in [0.5, 0.6) is 0 Å². The van der Waals surface area contributed by atoms with Crippen molar-refractivity contribution in [3.8, 4) is 0 Å². The molecule has 0 aliphatic rings. The number of hydrogen-bond acceptors (Lipinski definition) is 6. The van der Waals surface area contributed by atoms with Gasteiger partial charge in [0.25, 0.3) is 0 Å². The fourth-order valence-corrected chi connectivity index (χ4v) is 2.17. The van der Waals surface area contributed by atoms with Gasteiger partial charge in [-0.1, -0.05) is 0 Å². The zero-order valence-corrected chi connectivity index (χ0v) is 14.0. The number of aliphatic hydroxyl groups is 1. The first-order chi connectivity index (χ1) is 10.3. The molecule has 133 valence electrons. The quantitative estimate of drug-likeness (QED) is 0.163. The summed E-state index contributed by atoms with van der Waals surface area (Å²) in [4.78, 5) is 17.4. The number of hydrogen-bond donors (Lipinski definition) is 5. The number of rotatable bonds is 14. The largest absolute Gasteiger partial charge is 0.469 e. The molecule has 0 bridgehead atoms. The molecule has 0 saturated heterocycles. The summed E-state index contributed by atoms with van der Waals surface area (Å²) < 4.78 is 20.7. The van der Waals surface area contributed by atoms with Crippen molar-refractivity contribution >= 4 is 7.82 Å². The molecule has 9 nitrogen and oxygen atoms in total. The summed E-state index contributed by atoms with van der Waals surface area (Å²) in [5.74, 6) is 0. The number of phosphoric acid groups is 1. The molecule has 0 aliphatic heterocycles. The Hall–Kier alpha value is -0.0900. The van der Waals surface area contributed by atoms with Crippen LogP contribution in [0.3, 0.4) is 0 Å². The van der Waals surface area contributed by atoms with Crippen LogP contribution in [0.1, 0.15) is 26.7 Å². The van der Waals surface area contributed by atoms with Crippen LogP contribution in [0.2, 0.25) is 0 Å². The van der Waals surface area contributed by atoms with Crippen LogP contribution in [-0.4, -0.2) is 66.2 Å². The molecule has 0 aromatic heterocycles. The highest BCUT2D eigenvalue weighted by Crippen LogP contribution is 2.37. The van der Waals surface area contributed by atoms with Crippen molar-refractivity contribution in [3.05, 3.63) is 0 Å². The van der Waals surface area contributed by atoms with E-state index in [9.17, 15) is 9.67 Å². The molecule has 10 heteroatoms. The second-order valence-corrected chi connectivity index (χ2v) is 6.25. The third-order valence-electron chi connectivity index (χ3n) is 2.74. The molecule has 0 amide bonds. The maximum Gasteiger partial charge on any atom is 0.469 e. The van der Waals surface area contributed by atoms with Gasteiger partial charge < -0.3 is 24.9 Å². The monoisotopic (exact) mass is 343 g/mol. The van der Waals surface area contributed by atoms with Gasteiger partial charge in [-0.2, -0.15) is 0 Å². The smallest absolute Gasteiger partial charge is 0.395 e. The molecule has 0 aliphatic carbocycles. The SMILES string of the molecule is CC(CO)NCCCOC(CC[O])NCC(C)OP(=O)(O)O. The van der Waals surface area contributed by atoms with Crippen LogP contribution in [0.15, 0.2) is 0 Å². The van der Waals surface area contributed by atoms with Crippen molar-refractivity contribution in [2.45, 2.75) is 45.1 Å². The number of ether oxygens (including phenoxy) is 1. The molecule has 0 heterocycles. The number of aliphatic hydroxyl groups excluding tert-OH is 1. The molecule has 0 spiro atoms. The van der Waals surface area contributed by atoms with Crippen molar-refractivity contribution in [1.82, 2.24) is 10.6 Å². The summed E-state index contributed by atoms with van der Waals surface area (Å²) in [5, 5.41) is 25.6. The molecule has 22 heavy (non-hydrogen) atoms. The number of nitrogens with one attached hydrogen (secondary N) is 2. The first kappa shape index (κ1) is 21.9. The van der Waals surface area contributed by atoms with E-state index in [1.807, 2.05) is 6.92 Å². The van der Waals surface area contributed by atoms with Gasteiger partial charge in [0, 0.05) is 25.6 Å². The zero-order chi connectivity index (χ0) is 17.0. The average Bonchev–Trinajstić information content (AvgIpc) is 2.42. The van der Waals surface area contributed by atoms with E-state index in [4.69, 9.17) is 19.6 Å². The summed E-state index contributed by atoms with van der Waals surface area (Å²) >= 11 is 0. The Kier molecular flexibility index (Phi) is 12.3. The van der Waals surface area contributed by atoms with E-state index in [0.717, 1.165) is 6.42 Å². The van der Waals surface area contributed by atoms with Gasteiger partial charge in [0.1, 0.15) is 6.23 Å². The predicted octanol–water partition coefficient (Wildman–Crippen LogP) is -0.402. The van der Waals surface area contributed by atoms with Crippen molar-refractivity contribution in [3.63, 3.8) is 0 Å². The van der Waals surface area contributed by atoms with Gasteiger partial charge in [0.2, 0.25) is 0 Å². The Balaban J connectivity index is 3.88. The number of phosphoric ester groups is 1. The molecule has 5 N–H and O–H groups in total. The molecule has 3 atom stereocenters. The van der Waals surface area contributed by atoms with E-state index in [0.29, 0.717) is 13.2 Å². The van der Waals surface area contributed by atoms with E-state index in [1.54, 1.807) is 0 Å². The molecule has 0 saturated carbocycles. The maximum absolute atomic E-state index is 10.7. The second kappa shape index (κ2) is 12.3. The van der Waals surface area contributed by atoms with Crippen molar-refractivity contribution in [1.29, 1.82) is 0 Å². The van der Waals surface area contributed by atoms with Gasteiger partial charge >= 0.3 is 7.82 Å². The van der Waals surface area contributed by atoms with E-state index in [1.165, 1.54) is 6.92 Å². The highest BCUT2D eigenvalue weighted by molar-refractivity contribution is 7.46. The minimum atomic E-state index is -4.51. The molecule has 3 unspecified atom stereocenters. The Bertz CT molecular complexity index is 316. The van der Waals surface area contributed by atoms with Crippen LogP contribution in [-0.2, 0) is 18.9 Å². The second-order valence-electron chi connectivity index (χ2n) is 5.06. The zero-order valence-electron chi connectivity index (χ0n) is 13.1. The van der Waals surface area contributed by atoms with Crippen LogP contribution >= 0.6 is 7.82 Å². The molecular weight excluding hydrogens is 315 g/mol. The third kappa shape index (κ3) is 13.6. The first-order valence-corrected chi connectivity index (χ1v) is 8.82. The lowest BCUT2D eigenvalue weighted by atomic mass is 10.3. The molecule has 0 fully saturated rings. The van der Waals surface area contributed by atoms with E-state index in [2.05, 4.69) is 15.2 Å². The lowest BCUT2D eigenvalue weighted by Gasteiger charge is -2.21. The molecule has 1 radical (unpaired) electrons. The summed E-state index contributed by atoms with van der Waals surface area (Å²) in [6.45, 7) is 4.41. The highest BCUT2D eigenvalue weighted by Gasteiger charge is 2.19. The normalized spacial score (nSPS) is 16.5. The summed E-state index contributed by atoms with van der Waals surface area (Å²) in [6, 6.07) is 0.0289. The van der Waals surface area contributed by atoms with Gasteiger partial charge in [-0.05, 0) is 26.8 Å². The molecule has 0 rings (SSSR count). The first-order valence-electron chi connectivity index (χ1n) is 7.29. The third-order valence-corrected chi connectivity index (χ3v) is 3.37. The van der Waals surface area contributed by atoms with Gasteiger partial charge in [-0.15, -0.1) is 0 Å².